The van der Waals surface area contributed by atoms with Crippen LogP contribution >= 0.6 is 0 Å². The molecule has 1 atom stereocenters. The van der Waals surface area contributed by atoms with Gasteiger partial charge in [0.2, 0.25) is 0 Å². The van der Waals surface area contributed by atoms with Crippen molar-refractivity contribution in [2.45, 2.75) is 19.4 Å². The van der Waals surface area contributed by atoms with E-state index in [1.54, 1.807) is 0 Å². The smallest absolute Gasteiger partial charge is 0.0702 e. The fourth-order valence-corrected chi connectivity index (χ4v) is 1.98. The Balaban J connectivity index is 2.37. The summed E-state index contributed by atoms with van der Waals surface area (Å²) in [7, 11) is 0. The molecule has 0 aliphatic heterocycles. The summed E-state index contributed by atoms with van der Waals surface area (Å²) in [5, 5.41) is 4.56. The van der Waals surface area contributed by atoms with Crippen LogP contribution < -0.4 is 5.32 Å². The standard InChI is InChI=1S/C15H16N2/c1-3-6-14(16-4-2)13-8-9-15-12(11-13)7-5-10-17-15/h1,5,7-11,14,16H,4,6H2,2H3. The molecule has 0 aliphatic carbocycles. The highest BCUT2D eigenvalue weighted by atomic mass is 14.9. The molecule has 0 aliphatic rings. The van der Waals surface area contributed by atoms with Crippen molar-refractivity contribution >= 4 is 10.9 Å². The minimum atomic E-state index is 0.231. The Labute approximate surface area is 102 Å². The molecule has 0 spiro atoms. The SMILES string of the molecule is C#CCC(NCC)c1ccc2ncccc2c1. The van der Waals surface area contributed by atoms with Crippen LogP contribution in [0.5, 0.6) is 0 Å². The summed E-state index contributed by atoms with van der Waals surface area (Å²) in [6.45, 7) is 3.00. The van der Waals surface area contributed by atoms with Crippen molar-refractivity contribution in [3.8, 4) is 12.3 Å². The number of rotatable bonds is 4. The Bertz CT molecular complexity index is 540. The van der Waals surface area contributed by atoms with Crippen molar-refractivity contribution in [3.05, 3.63) is 42.1 Å². The third-order valence-electron chi connectivity index (χ3n) is 2.80. The highest BCUT2D eigenvalue weighted by Gasteiger charge is 2.09. The van der Waals surface area contributed by atoms with Gasteiger partial charge in [0.1, 0.15) is 0 Å². The number of fused-ring (bicyclic) bond motifs is 1. The monoisotopic (exact) mass is 224 g/mol. The molecule has 0 radical (unpaired) electrons. The second-order valence-corrected chi connectivity index (χ2v) is 3.97. The quantitative estimate of drug-likeness (QED) is 0.808. The summed E-state index contributed by atoms with van der Waals surface area (Å²) in [6.07, 6.45) is 7.93. The Hall–Kier alpha value is -1.85. The second-order valence-electron chi connectivity index (χ2n) is 3.97. The van der Waals surface area contributed by atoms with Crippen LogP contribution in [0.25, 0.3) is 10.9 Å². The number of terminal acetylenes is 1. The zero-order valence-corrected chi connectivity index (χ0v) is 9.98. The Morgan fingerprint density at radius 3 is 3.06 bits per heavy atom. The largest absolute Gasteiger partial charge is 0.309 e. The summed E-state index contributed by atoms with van der Waals surface area (Å²) in [6, 6.07) is 10.6. The number of nitrogens with zero attached hydrogens (tertiary/aromatic N) is 1. The van der Waals surface area contributed by atoms with Crippen molar-refractivity contribution in [2.75, 3.05) is 6.54 Å². The predicted octanol–water partition coefficient (Wildman–Crippen LogP) is 2.91. The molecule has 1 N–H and O–H groups in total. The molecule has 0 fully saturated rings. The maximum absolute atomic E-state index is 5.41. The first kappa shape index (κ1) is 11.6. The lowest BCUT2D eigenvalue weighted by atomic mass is 10.0. The second kappa shape index (κ2) is 5.47. The van der Waals surface area contributed by atoms with E-state index < -0.39 is 0 Å². The highest BCUT2D eigenvalue weighted by Crippen LogP contribution is 2.21. The van der Waals surface area contributed by atoms with Crippen LogP contribution in [0.1, 0.15) is 24.9 Å². The first-order chi connectivity index (χ1) is 8.35. The lowest BCUT2D eigenvalue weighted by molar-refractivity contribution is 0.566. The molecule has 0 saturated carbocycles. The van der Waals surface area contributed by atoms with Crippen LogP contribution in [0.3, 0.4) is 0 Å². The van der Waals surface area contributed by atoms with Gasteiger partial charge in [0.25, 0.3) is 0 Å². The van der Waals surface area contributed by atoms with Gasteiger partial charge in [-0.1, -0.05) is 19.1 Å². The number of nitrogens with one attached hydrogen (secondary N) is 1. The van der Waals surface area contributed by atoms with Gasteiger partial charge in [-0.2, -0.15) is 0 Å². The van der Waals surface area contributed by atoms with E-state index in [2.05, 4.69) is 41.3 Å². The van der Waals surface area contributed by atoms with Crippen LogP contribution in [-0.2, 0) is 0 Å². The molecule has 1 heterocycles. The van der Waals surface area contributed by atoms with E-state index >= 15 is 0 Å². The van der Waals surface area contributed by atoms with Gasteiger partial charge < -0.3 is 5.32 Å². The lowest BCUT2D eigenvalue weighted by Crippen LogP contribution is -2.20. The summed E-state index contributed by atoms with van der Waals surface area (Å²) in [5.41, 5.74) is 2.25. The maximum Gasteiger partial charge on any atom is 0.0702 e. The molecular weight excluding hydrogens is 208 g/mol. The van der Waals surface area contributed by atoms with Crippen LogP contribution in [0.4, 0.5) is 0 Å². The van der Waals surface area contributed by atoms with E-state index in [-0.39, 0.29) is 6.04 Å². The molecule has 1 aromatic carbocycles. The van der Waals surface area contributed by atoms with Crippen LogP contribution in [0.2, 0.25) is 0 Å². The average molecular weight is 224 g/mol. The normalized spacial score (nSPS) is 12.2. The molecule has 86 valence electrons. The summed E-state index contributed by atoms with van der Waals surface area (Å²) < 4.78 is 0. The van der Waals surface area contributed by atoms with Crippen molar-refractivity contribution in [3.63, 3.8) is 0 Å². The number of hydrogen-bond acceptors (Lipinski definition) is 2. The highest BCUT2D eigenvalue weighted by molar-refractivity contribution is 5.79. The van der Waals surface area contributed by atoms with Gasteiger partial charge in [-0.3, -0.25) is 4.98 Å². The molecule has 0 bridgehead atoms. The average Bonchev–Trinajstić information content (AvgIpc) is 2.38. The molecule has 0 saturated heterocycles. The number of aromatic nitrogens is 1. The van der Waals surface area contributed by atoms with E-state index in [0.717, 1.165) is 17.4 Å². The third kappa shape index (κ3) is 2.64. The Morgan fingerprint density at radius 1 is 1.41 bits per heavy atom. The zero-order chi connectivity index (χ0) is 12.1. The van der Waals surface area contributed by atoms with Gasteiger partial charge in [0.15, 0.2) is 0 Å². The first-order valence-electron chi connectivity index (χ1n) is 5.86. The van der Waals surface area contributed by atoms with Gasteiger partial charge in [-0.05, 0) is 30.3 Å². The Kier molecular flexibility index (Phi) is 3.74. The van der Waals surface area contributed by atoms with Gasteiger partial charge in [0, 0.05) is 24.0 Å². The Morgan fingerprint density at radius 2 is 2.29 bits per heavy atom. The molecule has 2 aromatic rings. The van der Waals surface area contributed by atoms with Gasteiger partial charge in [0.05, 0.1) is 5.52 Å². The van der Waals surface area contributed by atoms with Crippen molar-refractivity contribution in [1.82, 2.24) is 10.3 Å². The molecule has 17 heavy (non-hydrogen) atoms. The molecule has 2 heteroatoms. The topological polar surface area (TPSA) is 24.9 Å². The molecule has 2 nitrogen and oxygen atoms in total. The number of pyridine rings is 1. The van der Waals surface area contributed by atoms with E-state index in [1.165, 1.54) is 5.56 Å². The van der Waals surface area contributed by atoms with Gasteiger partial charge in [-0.15, -0.1) is 12.3 Å². The summed E-state index contributed by atoms with van der Waals surface area (Å²) in [5.74, 6) is 2.72. The lowest BCUT2D eigenvalue weighted by Gasteiger charge is -2.16. The third-order valence-corrected chi connectivity index (χ3v) is 2.80. The number of benzene rings is 1. The number of hydrogen-bond donors (Lipinski definition) is 1. The summed E-state index contributed by atoms with van der Waals surface area (Å²) in [4.78, 5) is 4.31. The zero-order valence-electron chi connectivity index (χ0n) is 9.98. The van der Waals surface area contributed by atoms with Crippen molar-refractivity contribution in [1.29, 1.82) is 0 Å². The van der Waals surface area contributed by atoms with E-state index in [9.17, 15) is 0 Å². The molecule has 1 aromatic heterocycles. The van der Waals surface area contributed by atoms with E-state index in [1.807, 2.05) is 18.3 Å². The van der Waals surface area contributed by atoms with E-state index in [0.29, 0.717) is 6.42 Å². The minimum absolute atomic E-state index is 0.231. The van der Waals surface area contributed by atoms with E-state index in [4.69, 9.17) is 6.42 Å². The van der Waals surface area contributed by atoms with Crippen molar-refractivity contribution in [2.24, 2.45) is 0 Å². The van der Waals surface area contributed by atoms with Crippen LogP contribution in [0.15, 0.2) is 36.5 Å². The molecule has 2 rings (SSSR count). The predicted molar refractivity (Wildman–Crippen MR) is 71.6 cm³/mol. The van der Waals surface area contributed by atoms with Gasteiger partial charge >= 0.3 is 0 Å². The summed E-state index contributed by atoms with van der Waals surface area (Å²) >= 11 is 0. The maximum atomic E-state index is 5.41. The van der Waals surface area contributed by atoms with Crippen LogP contribution in [-0.4, -0.2) is 11.5 Å². The minimum Gasteiger partial charge on any atom is -0.309 e. The molecule has 1 unspecified atom stereocenters. The van der Waals surface area contributed by atoms with Gasteiger partial charge in [-0.25, -0.2) is 0 Å². The molecule has 0 amide bonds. The first-order valence-corrected chi connectivity index (χ1v) is 5.86. The fourth-order valence-electron chi connectivity index (χ4n) is 1.98. The fraction of sp³-hybridized carbons (Fsp3) is 0.267. The van der Waals surface area contributed by atoms with Crippen LogP contribution in [0, 0.1) is 12.3 Å². The molecular formula is C15H16N2. The van der Waals surface area contributed by atoms with Crippen molar-refractivity contribution < 1.29 is 0 Å².